The number of imide groups is 2. The SMILES string of the molecule is CCOc1ccc(N2C(=O)NC(=O)/C(=C\c3ccccc3OCC(=O)Nc3ccccc3C)C2=O)cc1. The van der Waals surface area contributed by atoms with E-state index in [9.17, 15) is 19.2 Å². The molecule has 3 aromatic carbocycles. The molecular weight excluding hydrogens is 474 g/mol. The van der Waals surface area contributed by atoms with Crippen molar-refractivity contribution in [3.63, 3.8) is 0 Å². The van der Waals surface area contributed by atoms with Crippen LogP contribution in [0.4, 0.5) is 16.2 Å². The molecule has 1 aliphatic heterocycles. The minimum absolute atomic E-state index is 0.256. The molecule has 0 unspecified atom stereocenters. The van der Waals surface area contributed by atoms with Gasteiger partial charge in [-0.15, -0.1) is 0 Å². The monoisotopic (exact) mass is 499 g/mol. The molecule has 3 aromatic rings. The molecule has 0 atom stereocenters. The zero-order chi connectivity index (χ0) is 26.4. The highest BCUT2D eigenvalue weighted by Gasteiger charge is 2.37. The Morgan fingerprint density at radius 2 is 1.65 bits per heavy atom. The molecule has 0 bridgehead atoms. The largest absolute Gasteiger partial charge is 0.494 e. The molecule has 37 heavy (non-hydrogen) atoms. The zero-order valence-electron chi connectivity index (χ0n) is 20.3. The van der Waals surface area contributed by atoms with Gasteiger partial charge in [-0.05, 0) is 61.9 Å². The van der Waals surface area contributed by atoms with E-state index in [1.807, 2.05) is 32.0 Å². The van der Waals surface area contributed by atoms with E-state index in [-0.39, 0.29) is 23.8 Å². The standard InChI is InChI=1S/C28H25N3O6/c1-3-36-21-14-12-20(13-15-21)31-27(34)22(26(33)30-28(31)35)16-19-9-5-7-11-24(19)37-17-25(32)29-23-10-6-4-8-18(23)2/h4-16H,3,17H2,1-2H3,(H,29,32)(H,30,33,35)/b22-16+. The van der Waals surface area contributed by atoms with Crippen LogP contribution in [-0.2, 0) is 14.4 Å². The van der Waals surface area contributed by atoms with E-state index in [0.717, 1.165) is 10.5 Å². The van der Waals surface area contributed by atoms with Crippen molar-refractivity contribution in [2.45, 2.75) is 13.8 Å². The van der Waals surface area contributed by atoms with Gasteiger partial charge >= 0.3 is 6.03 Å². The van der Waals surface area contributed by atoms with E-state index in [4.69, 9.17) is 9.47 Å². The Labute approximate surface area is 213 Å². The van der Waals surface area contributed by atoms with Gasteiger partial charge in [0.05, 0.1) is 12.3 Å². The van der Waals surface area contributed by atoms with E-state index >= 15 is 0 Å². The number of hydrogen-bond acceptors (Lipinski definition) is 6. The maximum atomic E-state index is 13.2. The van der Waals surface area contributed by atoms with Crippen molar-refractivity contribution in [3.05, 3.63) is 89.5 Å². The maximum absolute atomic E-state index is 13.2. The van der Waals surface area contributed by atoms with E-state index in [0.29, 0.717) is 29.4 Å². The number of nitrogens with zero attached hydrogens (tertiary/aromatic N) is 1. The van der Waals surface area contributed by atoms with Crippen molar-refractivity contribution in [2.75, 3.05) is 23.4 Å². The summed E-state index contributed by atoms with van der Waals surface area (Å²) < 4.78 is 11.1. The zero-order valence-corrected chi connectivity index (χ0v) is 20.3. The number of nitrogens with one attached hydrogen (secondary N) is 2. The van der Waals surface area contributed by atoms with E-state index in [2.05, 4.69) is 10.6 Å². The Bertz CT molecular complexity index is 1380. The first-order valence-corrected chi connectivity index (χ1v) is 11.6. The van der Waals surface area contributed by atoms with Gasteiger partial charge in [-0.1, -0.05) is 36.4 Å². The molecule has 0 aliphatic carbocycles. The van der Waals surface area contributed by atoms with Gasteiger partial charge in [0, 0.05) is 11.3 Å². The number of aryl methyl sites for hydroxylation is 1. The minimum atomic E-state index is -0.853. The highest BCUT2D eigenvalue weighted by atomic mass is 16.5. The second-order valence-corrected chi connectivity index (χ2v) is 8.07. The lowest BCUT2D eigenvalue weighted by Gasteiger charge is -2.26. The van der Waals surface area contributed by atoms with E-state index in [1.165, 1.54) is 6.08 Å². The molecule has 1 fully saturated rings. The Kier molecular flexibility index (Phi) is 7.63. The third-order valence-corrected chi connectivity index (χ3v) is 5.50. The van der Waals surface area contributed by atoms with Crippen LogP contribution in [0, 0.1) is 6.92 Å². The van der Waals surface area contributed by atoms with Crippen LogP contribution in [0.15, 0.2) is 78.4 Å². The lowest BCUT2D eigenvalue weighted by Crippen LogP contribution is -2.54. The highest BCUT2D eigenvalue weighted by Crippen LogP contribution is 2.27. The van der Waals surface area contributed by atoms with E-state index in [1.54, 1.807) is 54.6 Å². The van der Waals surface area contributed by atoms with Crippen LogP contribution in [-0.4, -0.2) is 37.0 Å². The molecule has 2 N–H and O–H groups in total. The number of carbonyl (C=O) groups is 4. The van der Waals surface area contributed by atoms with Gasteiger partial charge < -0.3 is 14.8 Å². The number of rotatable bonds is 8. The van der Waals surface area contributed by atoms with Crippen LogP contribution in [0.25, 0.3) is 6.08 Å². The van der Waals surface area contributed by atoms with Gasteiger partial charge in [-0.2, -0.15) is 0 Å². The van der Waals surface area contributed by atoms with Gasteiger partial charge in [0.1, 0.15) is 17.1 Å². The number of benzene rings is 3. The van der Waals surface area contributed by atoms with Gasteiger partial charge in [-0.3, -0.25) is 19.7 Å². The Hall–Kier alpha value is -4.92. The summed E-state index contributed by atoms with van der Waals surface area (Å²) in [6, 6.07) is 19.5. The predicted molar refractivity (Wildman–Crippen MR) is 138 cm³/mol. The number of anilines is 2. The van der Waals surface area contributed by atoms with Crippen LogP contribution < -0.4 is 25.0 Å². The third-order valence-electron chi connectivity index (χ3n) is 5.50. The topological polar surface area (TPSA) is 114 Å². The number of para-hydroxylation sites is 2. The summed E-state index contributed by atoms with van der Waals surface area (Å²) in [6.07, 6.45) is 1.33. The molecule has 4 rings (SSSR count). The summed E-state index contributed by atoms with van der Waals surface area (Å²) >= 11 is 0. The molecule has 1 aliphatic rings. The summed E-state index contributed by atoms with van der Waals surface area (Å²) in [5.74, 6) is -1.11. The smallest absolute Gasteiger partial charge is 0.335 e. The van der Waals surface area contributed by atoms with Crippen molar-refractivity contribution in [1.29, 1.82) is 0 Å². The highest BCUT2D eigenvalue weighted by molar-refractivity contribution is 6.39. The quantitative estimate of drug-likeness (QED) is 0.357. The second kappa shape index (κ2) is 11.2. The number of amides is 5. The van der Waals surface area contributed by atoms with Gasteiger partial charge in [-0.25, -0.2) is 9.69 Å². The first-order valence-electron chi connectivity index (χ1n) is 11.6. The molecule has 0 radical (unpaired) electrons. The van der Waals surface area contributed by atoms with Gasteiger partial charge in [0.2, 0.25) is 0 Å². The Balaban J connectivity index is 1.54. The summed E-state index contributed by atoms with van der Waals surface area (Å²) in [4.78, 5) is 51.6. The average molecular weight is 500 g/mol. The van der Waals surface area contributed by atoms with Crippen molar-refractivity contribution in [3.8, 4) is 11.5 Å². The van der Waals surface area contributed by atoms with Crippen LogP contribution >= 0.6 is 0 Å². The number of carbonyl (C=O) groups excluding carboxylic acids is 4. The lowest BCUT2D eigenvalue weighted by molar-refractivity contribution is -0.122. The fourth-order valence-electron chi connectivity index (χ4n) is 3.68. The average Bonchev–Trinajstić information content (AvgIpc) is 2.88. The molecule has 0 aromatic heterocycles. The van der Waals surface area contributed by atoms with E-state index < -0.39 is 17.8 Å². The van der Waals surface area contributed by atoms with Gasteiger partial charge in [0.25, 0.3) is 17.7 Å². The Morgan fingerprint density at radius 3 is 2.38 bits per heavy atom. The second-order valence-electron chi connectivity index (χ2n) is 8.07. The van der Waals surface area contributed by atoms with Crippen LogP contribution in [0.3, 0.4) is 0 Å². The molecular formula is C28H25N3O6. The fourth-order valence-corrected chi connectivity index (χ4v) is 3.68. The lowest BCUT2D eigenvalue weighted by atomic mass is 10.1. The summed E-state index contributed by atoms with van der Waals surface area (Å²) in [6.45, 7) is 3.91. The number of urea groups is 1. The van der Waals surface area contributed by atoms with Crippen molar-refractivity contribution >= 4 is 41.2 Å². The molecule has 0 spiro atoms. The molecule has 9 nitrogen and oxygen atoms in total. The number of ether oxygens (including phenoxy) is 2. The first kappa shape index (κ1) is 25.2. The summed E-state index contributed by atoms with van der Waals surface area (Å²) in [5.41, 5.74) is 2.01. The molecule has 5 amide bonds. The molecule has 188 valence electrons. The van der Waals surface area contributed by atoms with Gasteiger partial charge in [0.15, 0.2) is 6.61 Å². The molecule has 9 heteroatoms. The van der Waals surface area contributed by atoms with Crippen molar-refractivity contribution in [1.82, 2.24) is 5.32 Å². The molecule has 0 saturated carbocycles. The summed E-state index contributed by atoms with van der Waals surface area (Å²) in [7, 11) is 0. The van der Waals surface area contributed by atoms with Crippen LogP contribution in [0.5, 0.6) is 11.5 Å². The maximum Gasteiger partial charge on any atom is 0.335 e. The number of barbiturate groups is 1. The van der Waals surface area contributed by atoms with Crippen LogP contribution in [0.1, 0.15) is 18.1 Å². The molecule has 1 heterocycles. The van der Waals surface area contributed by atoms with Crippen LogP contribution in [0.2, 0.25) is 0 Å². The first-order chi connectivity index (χ1) is 17.9. The molecule has 1 saturated heterocycles. The van der Waals surface area contributed by atoms with Crippen molar-refractivity contribution in [2.24, 2.45) is 0 Å². The Morgan fingerprint density at radius 1 is 0.946 bits per heavy atom. The third kappa shape index (κ3) is 5.84. The minimum Gasteiger partial charge on any atom is -0.494 e. The summed E-state index contributed by atoms with van der Waals surface area (Å²) in [5, 5.41) is 4.98. The normalized spacial score (nSPS) is 14.4. The predicted octanol–water partition coefficient (Wildman–Crippen LogP) is 4.08. The fraction of sp³-hybridized carbons (Fsp3) is 0.143. The van der Waals surface area contributed by atoms with Crippen molar-refractivity contribution < 1.29 is 28.7 Å². The number of hydrogen-bond donors (Lipinski definition) is 2.